The normalized spacial score (nSPS) is 17.1. The van der Waals surface area contributed by atoms with Crippen molar-refractivity contribution in [3.05, 3.63) is 119 Å². The number of rotatable bonds is 14. The molecule has 0 radical (unpaired) electrons. The van der Waals surface area contributed by atoms with E-state index >= 15 is 0 Å². The van der Waals surface area contributed by atoms with Crippen LogP contribution in [0, 0.1) is 23.7 Å². The Morgan fingerprint density at radius 1 is 0.511 bits per heavy atom. The van der Waals surface area contributed by atoms with Crippen LogP contribution in [0.3, 0.4) is 0 Å². The van der Waals surface area contributed by atoms with Crippen LogP contribution < -0.4 is 18.9 Å². The molecule has 0 bridgehead atoms. The molecule has 2 saturated heterocycles. The summed E-state index contributed by atoms with van der Waals surface area (Å²) in [5.41, 5.74) is 3.68. The summed E-state index contributed by atoms with van der Waals surface area (Å²) in [4.78, 5) is 0. The monoisotopic (exact) mass is 630 g/mol. The van der Waals surface area contributed by atoms with Crippen LogP contribution in [-0.2, 0) is 14.2 Å². The molecule has 7 nitrogen and oxygen atoms in total. The number of epoxide rings is 2. The second-order valence-electron chi connectivity index (χ2n) is 11.5. The van der Waals surface area contributed by atoms with Crippen LogP contribution in [-0.4, -0.2) is 64.1 Å². The molecule has 2 aliphatic heterocycles. The topological polar surface area (TPSA) is 71.2 Å². The molecule has 0 spiro atoms. The first kappa shape index (κ1) is 32.0. The molecule has 240 valence electrons. The van der Waals surface area contributed by atoms with Gasteiger partial charge in [0.05, 0.1) is 26.4 Å². The van der Waals surface area contributed by atoms with Crippen molar-refractivity contribution in [3.63, 3.8) is 0 Å². The van der Waals surface area contributed by atoms with Gasteiger partial charge < -0.3 is 33.2 Å². The molecule has 4 aromatic rings. The molecule has 0 aromatic heterocycles. The highest BCUT2D eigenvalue weighted by molar-refractivity contribution is 5.46. The second kappa shape index (κ2) is 16.1. The van der Waals surface area contributed by atoms with Gasteiger partial charge in [-0.3, -0.25) is 0 Å². The van der Waals surface area contributed by atoms with E-state index in [1.165, 1.54) is 0 Å². The Bertz CT molecular complexity index is 1560. The molecule has 4 atom stereocenters. The molecule has 2 fully saturated rings. The van der Waals surface area contributed by atoms with Crippen molar-refractivity contribution in [2.45, 2.75) is 38.3 Å². The maximum Gasteiger partial charge on any atom is 0.119 e. The van der Waals surface area contributed by atoms with Gasteiger partial charge in [0.2, 0.25) is 0 Å². The molecule has 2 heterocycles. The van der Waals surface area contributed by atoms with E-state index in [1.807, 2.05) is 111 Å². The van der Waals surface area contributed by atoms with E-state index in [9.17, 15) is 0 Å². The summed E-state index contributed by atoms with van der Waals surface area (Å²) in [5.74, 6) is 16.0. The van der Waals surface area contributed by atoms with Gasteiger partial charge >= 0.3 is 0 Å². The van der Waals surface area contributed by atoms with Crippen LogP contribution in [0.4, 0.5) is 0 Å². The van der Waals surface area contributed by atoms with Crippen molar-refractivity contribution in [2.24, 2.45) is 0 Å². The Morgan fingerprint density at radius 2 is 0.809 bits per heavy atom. The summed E-state index contributed by atoms with van der Waals surface area (Å²) in [7, 11) is 0. The standard InChI is InChI=1S/C40H38O7/c1-29(46-37-19-11-33(12-20-37)5-3-31-7-15-35(16-8-31)42-25-39-27-44-39)23-41-24-30(2)47-38-21-13-34(14-22-38)6-4-32-9-17-36(18-10-32)43-26-40-28-45-40/h7-22,29-30,39-40H,23-28H2,1-2H3. The lowest BCUT2D eigenvalue weighted by atomic mass is 10.1. The largest absolute Gasteiger partial charge is 0.491 e. The predicted molar refractivity (Wildman–Crippen MR) is 179 cm³/mol. The summed E-state index contributed by atoms with van der Waals surface area (Å²) in [5, 5.41) is 0. The molecule has 7 heteroatoms. The third-order valence-electron chi connectivity index (χ3n) is 7.18. The Kier molecular flexibility index (Phi) is 11.0. The summed E-state index contributed by atoms with van der Waals surface area (Å²) in [6.07, 6.45) is 0.246. The molecule has 2 aliphatic rings. The van der Waals surface area contributed by atoms with Crippen LogP contribution >= 0.6 is 0 Å². The van der Waals surface area contributed by atoms with E-state index in [1.54, 1.807) is 0 Å². The summed E-state index contributed by atoms with van der Waals surface area (Å²) >= 11 is 0. The highest BCUT2D eigenvalue weighted by Crippen LogP contribution is 2.19. The van der Waals surface area contributed by atoms with Gasteiger partial charge in [-0.2, -0.15) is 0 Å². The summed E-state index contributed by atoms with van der Waals surface area (Å²) in [6.45, 7) is 7.61. The van der Waals surface area contributed by atoms with Gasteiger partial charge in [-0.25, -0.2) is 0 Å². The van der Waals surface area contributed by atoms with Crippen LogP contribution in [0.5, 0.6) is 23.0 Å². The Balaban J connectivity index is 0.872. The minimum absolute atomic E-state index is 0.120. The second-order valence-corrected chi connectivity index (χ2v) is 11.5. The molecule has 0 amide bonds. The van der Waals surface area contributed by atoms with Gasteiger partial charge in [-0.1, -0.05) is 23.7 Å². The van der Waals surface area contributed by atoms with E-state index in [0.717, 1.165) is 58.5 Å². The molecule has 0 aliphatic carbocycles. The molecule has 4 aromatic carbocycles. The van der Waals surface area contributed by atoms with E-state index in [-0.39, 0.29) is 24.4 Å². The predicted octanol–water partition coefficient (Wildman–Crippen LogP) is 6.29. The van der Waals surface area contributed by atoms with Gasteiger partial charge in [0.1, 0.15) is 60.6 Å². The van der Waals surface area contributed by atoms with Crippen LogP contribution in [0.1, 0.15) is 36.1 Å². The van der Waals surface area contributed by atoms with E-state index < -0.39 is 0 Å². The van der Waals surface area contributed by atoms with Crippen molar-refractivity contribution in [3.8, 4) is 46.7 Å². The van der Waals surface area contributed by atoms with E-state index in [0.29, 0.717) is 26.4 Å². The Morgan fingerprint density at radius 3 is 1.11 bits per heavy atom. The Labute approximate surface area is 276 Å². The zero-order valence-electron chi connectivity index (χ0n) is 26.6. The van der Waals surface area contributed by atoms with Crippen molar-refractivity contribution in [1.82, 2.24) is 0 Å². The SMILES string of the molecule is CC(COCC(C)Oc1ccc(C#Cc2ccc(OCC3CO3)cc2)cc1)Oc1ccc(C#Cc2ccc(OCC3CO3)cc2)cc1. The number of ether oxygens (including phenoxy) is 7. The third kappa shape index (κ3) is 11.1. The zero-order chi connectivity index (χ0) is 32.3. The minimum Gasteiger partial charge on any atom is -0.491 e. The highest BCUT2D eigenvalue weighted by Gasteiger charge is 2.23. The lowest BCUT2D eigenvalue weighted by molar-refractivity contribution is 0.0188. The highest BCUT2D eigenvalue weighted by atomic mass is 16.6. The van der Waals surface area contributed by atoms with E-state index in [4.69, 9.17) is 33.2 Å². The number of benzene rings is 4. The van der Waals surface area contributed by atoms with Gasteiger partial charge in [0.25, 0.3) is 0 Å². The number of hydrogen-bond acceptors (Lipinski definition) is 7. The molecule has 6 rings (SSSR count). The smallest absolute Gasteiger partial charge is 0.119 e. The lowest BCUT2D eigenvalue weighted by Crippen LogP contribution is -2.25. The first-order chi connectivity index (χ1) is 23.0. The molecule has 4 unspecified atom stereocenters. The van der Waals surface area contributed by atoms with Crippen molar-refractivity contribution >= 4 is 0 Å². The van der Waals surface area contributed by atoms with Crippen LogP contribution in [0.15, 0.2) is 97.1 Å². The van der Waals surface area contributed by atoms with Crippen molar-refractivity contribution in [2.75, 3.05) is 39.6 Å². The zero-order valence-corrected chi connectivity index (χ0v) is 26.6. The number of hydrogen-bond donors (Lipinski definition) is 0. The first-order valence-corrected chi connectivity index (χ1v) is 15.9. The fourth-order valence-electron chi connectivity index (χ4n) is 4.43. The van der Waals surface area contributed by atoms with Gasteiger partial charge in [-0.05, 0) is 111 Å². The van der Waals surface area contributed by atoms with Gasteiger partial charge in [0, 0.05) is 22.3 Å². The maximum absolute atomic E-state index is 6.02. The summed E-state index contributed by atoms with van der Waals surface area (Å²) in [6, 6.07) is 31.1. The summed E-state index contributed by atoms with van der Waals surface area (Å²) < 4.78 is 39.6. The molecular formula is C40H38O7. The maximum atomic E-state index is 6.02. The molecule has 0 saturated carbocycles. The van der Waals surface area contributed by atoms with Crippen molar-refractivity contribution < 1.29 is 33.2 Å². The Hall–Kier alpha value is -4.92. The molecular weight excluding hydrogens is 592 g/mol. The van der Waals surface area contributed by atoms with Gasteiger partial charge in [-0.15, -0.1) is 0 Å². The fraction of sp³-hybridized carbons (Fsp3) is 0.300. The quantitative estimate of drug-likeness (QED) is 0.120. The van der Waals surface area contributed by atoms with Crippen LogP contribution in [0.2, 0.25) is 0 Å². The average molecular weight is 631 g/mol. The fourth-order valence-corrected chi connectivity index (χ4v) is 4.43. The minimum atomic E-state index is -0.120. The van der Waals surface area contributed by atoms with Crippen molar-refractivity contribution in [1.29, 1.82) is 0 Å². The lowest BCUT2D eigenvalue weighted by Gasteiger charge is -2.18. The molecule has 0 N–H and O–H groups in total. The van der Waals surface area contributed by atoms with Crippen LogP contribution in [0.25, 0.3) is 0 Å². The first-order valence-electron chi connectivity index (χ1n) is 15.9. The van der Waals surface area contributed by atoms with E-state index in [2.05, 4.69) is 23.7 Å². The third-order valence-corrected chi connectivity index (χ3v) is 7.18. The van der Waals surface area contributed by atoms with Gasteiger partial charge in [0.15, 0.2) is 0 Å². The molecule has 47 heavy (non-hydrogen) atoms. The average Bonchev–Trinajstić information content (AvgIpc) is 4.03.